The molecule has 1 aliphatic heterocycles. The lowest BCUT2D eigenvalue weighted by Crippen LogP contribution is -2.27. The number of methoxy groups -OCH3 is 1. The Morgan fingerprint density at radius 2 is 1.74 bits per heavy atom. The second-order valence-electron chi connectivity index (χ2n) is 8.43. The number of thioether (sulfide) groups is 1. The molecule has 8 nitrogen and oxygen atoms in total. The van der Waals surface area contributed by atoms with Crippen molar-refractivity contribution in [2.75, 3.05) is 25.6 Å². The minimum atomic E-state index is -0.356. The van der Waals surface area contributed by atoms with Gasteiger partial charge in [-0.25, -0.2) is 0 Å². The average molecular weight is 533 g/mol. The van der Waals surface area contributed by atoms with E-state index in [0.29, 0.717) is 40.0 Å². The fraction of sp³-hybridized carbons (Fsp3) is 0.207. The molecule has 38 heavy (non-hydrogen) atoms. The van der Waals surface area contributed by atoms with Crippen LogP contribution in [0.1, 0.15) is 23.6 Å². The van der Waals surface area contributed by atoms with Gasteiger partial charge in [0, 0.05) is 0 Å². The van der Waals surface area contributed by atoms with E-state index in [1.54, 1.807) is 42.5 Å². The molecule has 0 unspecified atom stereocenters. The maximum absolute atomic E-state index is 12.9. The highest BCUT2D eigenvalue weighted by Crippen LogP contribution is 2.35. The molecule has 196 valence electrons. The van der Waals surface area contributed by atoms with Crippen molar-refractivity contribution in [2.45, 2.75) is 20.4 Å². The molecule has 0 atom stereocenters. The maximum Gasteiger partial charge on any atom is 0.293 e. The van der Waals surface area contributed by atoms with Crippen LogP contribution in [0.5, 0.6) is 17.2 Å². The van der Waals surface area contributed by atoms with E-state index in [2.05, 4.69) is 5.32 Å². The molecule has 3 aromatic carbocycles. The van der Waals surface area contributed by atoms with Crippen molar-refractivity contribution < 1.29 is 28.6 Å². The van der Waals surface area contributed by atoms with Gasteiger partial charge in [0.1, 0.15) is 5.75 Å². The summed E-state index contributed by atoms with van der Waals surface area (Å²) in [6.45, 7) is 4.30. The van der Waals surface area contributed by atoms with Crippen LogP contribution in [0.3, 0.4) is 0 Å². The number of nitrogens with one attached hydrogen (secondary N) is 1. The van der Waals surface area contributed by atoms with Gasteiger partial charge in [-0.3, -0.25) is 19.3 Å². The van der Waals surface area contributed by atoms with Gasteiger partial charge in [-0.15, -0.1) is 0 Å². The Balaban J connectivity index is 1.41. The molecule has 0 bridgehead atoms. The molecule has 1 N–H and O–H groups in total. The molecule has 0 aliphatic carbocycles. The zero-order valence-electron chi connectivity index (χ0n) is 21.4. The molecular weight excluding hydrogens is 504 g/mol. The molecule has 3 aromatic rings. The quantitative estimate of drug-likeness (QED) is 0.337. The van der Waals surface area contributed by atoms with Crippen LogP contribution in [-0.2, 0) is 16.1 Å². The minimum absolute atomic E-state index is 0.218. The molecule has 0 spiro atoms. The van der Waals surface area contributed by atoms with Crippen LogP contribution >= 0.6 is 11.8 Å². The predicted octanol–water partition coefficient (Wildman–Crippen LogP) is 5.66. The van der Waals surface area contributed by atoms with E-state index < -0.39 is 0 Å². The van der Waals surface area contributed by atoms with Crippen LogP contribution in [0.15, 0.2) is 71.6 Å². The summed E-state index contributed by atoms with van der Waals surface area (Å²) in [5.74, 6) is 0.633. The largest absolute Gasteiger partial charge is 0.493 e. The number of anilines is 1. The fourth-order valence-corrected chi connectivity index (χ4v) is 4.58. The summed E-state index contributed by atoms with van der Waals surface area (Å²) in [6, 6.07) is 19.9. The number of ether oxygens (including phenoxy) is 3. The van der Waals surface area contributed by atoms with E-state index in [4.69, 9.17) is 14.2 Å². The van der Waals surface area contributed by atoms with Crippen LogP contribution in [-0.4, -0.2) is 42.3 Å². The van der Waals surface area contributed by atoms with Gasteiger partial charge in [0.2, 0.25) is 0 Å². The zero-order chi connectivity index (χ0) is 27.1. The van der Waals surface area contributed by atoms with Crippen molar-refractivity contribution in [2.24, 2.45) is 0 Å². The number of amides is 3. The second kappa shape index (κ2) is 12.3. The number of benzene rings is 3. The standard InChI is InChI=1S/C29H28N2O6S/c1-4-36-23-8-6-5-7-22(23)30-27(32)18-37-24-14-13-21(15-25(24)35-3)16-26-28(33)31(29(34)38-26)17-20-11-9-19(2)10-12-20/h5-16H,4,17-18H2,1-3H3,(H,30,32)/b26-16+. The summed E-state index contributed by atoms with van der Waals surface area (Å²) in [7, 11) is 1.49. The van der Waals surface area contributed by atoms with Gasteiger partial charge in [-0.05, 0) is 67.1 Å². The number of hydrogen-bond donors (Lipinski definition) is 1. The second-order valence-corrected chi connectivity index (χ2v) is 9.42. The molecule has 1 fully saturated rings. The van der Waals surface area contributed by atoms with Gasteiger partial charge in [-0.1, -0.05) is 48.0 Å². The average Bonchev–Trinajstić information content (AvgIpc) is 3.17. The topological polar surface area (TPSA) is 94.2 Å². The summed E-state index contributed by atoms with van der Waals surface area (Å²) in [6.07, 6.45) is 1.64. The SMILES string of the molecule is CCOc1ccccc1NC(=O)COc1ccc(/C=C2/SC(=O)N(Cc3ccc(C)cc3)C2=O)cc1OC. The lowest BCUT2D eigenvalue weighted by atomic mass is 10.1. The molecule has 9 heteroatoms. The van der Waals surface area contributed by atoms with E-state index >= 15 is 0 Å². The summed E-state index contributed by atoms with van der Waals surface area (Å²) in [5, 5.41) is 2.47. The number of imide groups is 1. The molecule has 1 saturated heterocycles. The van der Waals surface area contributed by atoms with Gasteiger partial charge >= 0.3 is 0 Å². The molecule has 4 rings (SSSR count). The molecule has 0 aromatic heterocycles. The van der Waals surface area contributed by atoms with Crippen molar-refractivity contribution >= 4 is 40.6 Å². The number of nitrogens with zero attached hydrogens (tertiary/aromatic N) is 1. The summed E-state index contributed by atoms with van der Waals surface area (Å²) >= 11 is 0.900. The first-order chi connectivity index (χ1) is 18.4. The highest BCUT2D eigenvalue weighted by atomic mass is 32.2. The number of para-hydroxylation sites is 2. The number of rotatable bonds is 10. The lowest BCUT2D eigenvalue weighted by molar-refractivity contribution is -0.123. The van der Waals surface area contributed by atoms with E-state index in [1.807, 2.05) is 44.2 Å². The monoisotopic (exact) mass is 532 g/mol. The summed E-state index contributed by atoms with van der Waals surface area (Å²) < 4.78 is 16.6. The Morgan fingerprint density at radius 3 is 2.47 bits per heavy atom. The maximum atomic E-state index is 12.9. The molecule has 0 saturated carbocycles. The Morgan fingerprint density at radius 1 is 0.974 bits per heavy atom. The Hall–Kier alpha value is -4.24. The van der Waals surface area contributed by atoms with E-state index in [9.17, 15) is 14.4 Å². The highest BCUT2D eigenvalue weighted by Gasteiger charge is 2.35. The molecule has 3 amide bonds. The van der Waals surface area contributed by atoms with Gasteiger partial charge in [-0.2, -0.15) is 0 Å². The van der Waals surface area contributed by atoms with E-state index in [-0.39, 0.29) is 30.2 Å². The first-order valence-corrected chi connectivity index (χ1v) is 12.8. The smallest absolute Gasteiger partial charge is 0.293 e. The Kier molecular flexibility index (Phi) is 8.70. The third-order valence-electron chi connectivity index (χ3n) is 5.64. The summed E-state index contributed by atoms with van der Waals surface area (Å²) in [4.78, 5) is 39.4. The van der Waals surface area contributed by atoms with Crippen LogP contribution < -0.4 is 19.5 Å². The third-order valence-corrected chi connectivity index (χ3v) is 6.55. The van der Waals surface area contributed by atoms with Crippen molar-refractivity contribution in [3.63, 3.8) is 0 Å². The third kappa shape index (κ3) is 6.54. The molecular formula is C29H28N2O6S. The van der Waals surface area contributed by atoms with Crippen LogP contribution in [0.25, 0.3) is 6.08 Å². The van der Waals surface area contributed by atoms with Crippen LogP contribution in [0.4, 0.5) is 10.5 Å². The highest BCUT2D eigenvalue weighted by molar-refractivity contribution is 8.18. The van der Waals surface area contributed by atoms with Gasteiger partial charge in [0.05, 0.1) is 30.9 Å². The molecule has 0 radical (unpaired) electrons. The van der Waals surface area contributed by atoms with Crippen molar-refractivity contribution in [1.82, 2.24) is 4.90 Å². The molecule has 1 aliphatic rings. The number of hydrogen-bond acceptors (Lipinski definition) is 7. The van der Waals surface area contributed by atoms with Crippen molar-refractivity contribution in [3.8, 4) is 17.2 Å². The van der Waals surface area contributed by atoms with E-state index in [0.717, 1.165) is 22.9 Å². The fourth-order valence-electron chi connectivity index (χ4n) is 3.74. The Bertz CT molecular complexity index is 1370. The first kappa shape index (κ1) is 26.8. The lowest BCUT2D eigenvalue weighted by Gasteiger charge is -2.13. The first-order valence-electron chi connectivity index (χ1n) is 12.0. The number of aryl methyl sites for hydroxylation is 1. The van der Waals surface area contributed by atoms with Crippen LogP contribution in [0.2, 0.25) is 0 Å². The van der Waals surface area contributed by atoms with Crippen molar-refractivity contribution in [1.29, 1.82) is 0 Å². The predicted molar refractivity (Wildman–Crippen MR) is 147 cm³/mol. The van der Waals surface area contributed by atoms with Crippen molar-refractivity contribution in [3.05, 3.63) is 88.3 Å². The van der Waals surface area contributed by atoms with Gasteiger partial charge < -0.3 is 19.5 Å². The van der Waals surface area contributed by atoms with E-state index in [1.165, 1.54) is 12.0 Å². The normalized spacial score (nSPS) is 14.1. The summed E-state index contributed by atoms with van der Waals surface area (Å²) in [5.41, 5.74) is 3.20. The molecule has 1 heterocycles. The number of carbonyl (C=O) groups excluding carboxylic acids is 3. The van der Waals surface area contributed by atoms with Gasteiger partial charge in [0.15, 0.2) is 18.1 Å². The minimum Gasteiger partial charge on any atom is -0.493 e. The van der Waals surface area contributed by atoms with Crippen LogP contribution in [0, 0.1) is 6.92 Å². The number of carbonyl (C=O) groups is 3. The van der Waals surface area contributed by atoms with Gasteiger partial charge in [0.25, 0.3) is 17.1 Å². The zero-order valence-corrected chi connectivity index (χ0v) is 22.2. The Labute approximate surface area is 225 Å².